The molecule has 8 nitrogen and oxygen atoms in total. The Morgan fingerprint density at radius 2 is 2.00 bits per heavy atom. The van der Waals surface area contributed by atoms with Crippen molar-refractivity contribution >= 4 is 11.6 Å². The lowest BCUT2D eigenvalue weighted by Gasteiger charge is -2.23. The Morgan fingerprint density at radius 1 is 1.14 bits per heavy atom. The van der Waals surface area contributed by atoms with Crippen LogP contribution in [0.15, 0.2) is 48.8 Å². The Hall–Kier alpha value is -3.51. The molecule has 2 atom stereocenters. The van der Waals surface area contributed by atoms with Crippen LogP contribution in [0.3, 0.4) is 0 Å². The predicted molar refractivity (Wildman–Crippen MR) is 122 cm³/mol. The van der Waals surface area contributed by atoms with Gasteiger partial charge in [-0.25, -0.2) is 19.3 Å². The Morgan fingerprint density at radius 3 is 2.77 bits per heavy atom. The van der Waals surface area contributed by atoms with Gasteiger partial charge >= 0.3 is 6.18 Å². The first kappa shape index (κ1) is 24.6. The lowest BCUT2D eigenvalue weighted by Crippen LogP contribution is -2.38. The normalized spacial score (nSPS) is 17.0. The fraction of sp³-hybridized carbons (Fsp3) is 0.348. The molecule has 0 aliphatic carbocycles. The van der Waals surface area contributed by atoms with Crippen LogP contribution in [0.5, 0.6) is 11.6 Å². The first-order valence-electron chi connectivity index (χ1n) is 11.0. The first-order valence-corrected chi connectivity index (χ1v) is 11.0. The topological polar surface area (TPSA) is 104 Å². The molecule has 3 aromatic rings. The fourth-order valence-corrected chi connectivity index (χ4v) is 3.56. The minimum atomic E-state index is -4.82. The smallest absolute Gasteiger partial charge is 0.416 e. The lowest BCUT2D eigenvalue weighted by molar-refractivity contribution is -0.198. The summed E-state index contributed by atoms with van der Waals surface area (Å²) in [5.74, 6) is -0.681. The van der Waals surface area contributed by atoms with Crippen LogP contribution >= 0.6 is 0 Å². The number of hydrogen-bond donors (Lipinski definition) is 4. The zero-order valence-electron chi connectivity index (χ0n) is 18.5. The summed E-state index contributed by atoms with van der Waals surface area (Å²) < 4.78 is 58.3. The number of rotatable bonds is 8. The van der Waals surface area contributed by atoms with Gasteiger partial charge in [-0.1, -0.05) is 6.07 Å². The second-order valence-corrected chi connectivity index (χ2v) is 7.97. The summed E-state index contributed by atoms with van der Waals surface area (Å²) in [7, 11) is 0. The Labute approximate surface area is 198 Å². The third kappa shape index (κ3) is 6.34. The second-order valence-electron chi connectivity index (χ2n) is 7.97. The van der Waals surface area contributed by atoms with Gasteiger partial charge in [-0.05, 0) is 49.7 Å². The molecular formula is C23H24F4N6O2. The van der Waals surface area contributed by atoms with Crippen LogP contribution in [-0.4, -0.2) is 58.0 Å². The van der Waals surface area contributed by atoms with E-state index in [-0.39, 0.29) is 23.4 Å². The molecular weight excluding hydrogens is 468 g/mol. The van der Waals surface area contributed by atoms with Crippen molar-refractivity contribution in [1.29, 1.82) is 0 Å². The van der Waals surface area contributed by atoms with Crippen molar-refractivity contribution in [3.8, 4) is 22.9 Å². The number of halogens is 4. The maximum atomic E-state index is 14.9. The number of pyridine rings is 1. The van der Waals surface area contributed by atoms with Gasteiger partial charge in [-0.15, -0.1) is 0 Å². The number of aliphatic hydroxyl groups is 1. The number of piperidine rings is 1. The van der Waals surface area contributed by atoms with E-state index in [1.165, 1.54) is 24.4 Å². The number of benzene rings is 1. The van der Waals surface area contributed by atoms with Crippen LogP contribution in [0.4, 0.5) is 29.2 Å². The van der Waals surface area contributed by atoms with E-state index in [0.717, 1.165) is 25.9 Å². The Bertz CT molecular complexity index is 1140. The van der Waals surface area contributed by atoms with Crippen molar-refractivity contribution < 1.29 is 27.4 Å². The molecule has 12 heteroatoms. The quantitative estimate of drug-likeness (QED) is 0.351. The highest BCUT2D eigenvalue weighted by atomic mass is 19.4. The summed E-state index contributed by atoms with van der Waals surface area (Å²) in [4.78, 5) is 13.0. The van der Waals surface area contributed by atoms with Gasteiger partial charge in [0.2, 0.25) is 11.8 Å². The molecule has 0 radical (unpaired) electrons. The molecule has 1 fully saturated rings. The molecule has 1 saturated heterocycles. The van der Waals surface area contributed by atoms with Crippen molar-refractivity contribution in [3.63, 3.8) is 0 Å². The van der Waals surface area contributed by atoms with Crippen LogP contribution in [-0.2, 0) is 0 Å². The van der Waals surface area contributed by atoms with Gasteiger partial charge in [0.15, 0.2) is 17.7 Å². The maximum absolute atomic E-state index is 14.9. The molecule has 3 heterocycles. The molecule has 0 bridgehead atoms. The highest BCUT2D eigenvalue weighted by Gasteiger charge is 2.38. The van der Waals surface area contributed by atoms with Gasteiger partial charge in [0.05, 0.1) is 16.9 Å². The van der Waals surface area contributed by atoms with Crippen LogP contribution < -0.4 is 20.7 Å². The molecule has 0 saturated carbocycles. The zero-order chi connectivity index (χ0) is 24.8. The van der Waals surface area contributed by atoms with Gasteiger partial charge in [0.25, 0.3) is 0 Å². The number of hydrogen-bond acceptors (Lipinski definition) is 8. The number of aliphatic hydroxyl groups excluding tert-OH is 1. The summed E-state index contributed by atoms with van der Waals surface area (Å²) in [5.41, 5.74) is 0.722. The number of ether oxygens (including phenoxy) is 1. The largest absolute Gasteiger partial charge is 0.435 e. The molecule has 1 unspecified atom stereocenters. The van der Waals surface area contributed by atoms with Crippen molar-refractivity contribution in [2.45, 2.75) is 31.2 Å². The van der Waals surface area contributed by atoms with E-state index in [1.807, 2.05) is 0 Å². The van der Waals surface area contributed by atoms with Crippen molar-refractivity contribution in [2.75, 3.05) is 30.3 Å². The van der Waals surface area contributed by atoms with E-state index in [9.17, 15) is 17.6 Å². The molecule has 2 aromatic heterocycles. The number of anilines is 2. The Kier molecular flexibility index (Phi) is 7.61. The molecule has 0 spiro atoms. The van der Waals surface area contributed by atoms with Gasteiger partial charge in [-0.2, -0.15) is 13.2 Å². The van der Waals surface area contributed by atoms with Gasteiger partial charge < -0.3 is 25.8 Å². The number of aromatic nitrogens is 3. The molecule has 1 aliphatic heterocycles. The molecule has 0 amide bonds. The summed E-state index contributed by atoms with van der Waals surface area (Å²) >= 11 is 0. The molecule has 1 aromatic carbocycles. The lowest BCUT2D eigenvalue weighted by atomic mass is 10.1. The van der Waals surface area contributed by atoms with E-state index < -0.39 is 24.6 Å². The summed E-state index contributed by atoms with van der Waals surface area (Å²) in [6.07, 6.45) is -2.36. The van der Waals surface area contributed by atoms with Crippen molar-refractivity contribution in [2.24, 2.45) is 0 Å². The van der Waals surface area contributed by atoms with Gasteiger partial charge in [0.1, 0.15) is 0 Å². The average molecular weight is 492 g/mol. The van der Waals surface area contributed by atoms with Crippen molar-refractivity contribution in [3.05, 3.63) is 54.6 Å². The zero-order valence-corrected chi connectivity index (χ0v) is 18.5. The van der Waals surface area contributed by atoms with E-state index in [0.29, 0.717) is 17.2 Å². The fourth-order valence-electron chi connectivity index (χ4n) is 3.56. The van der Waals surface area contributed by atoms with Gasteiger partial charge in [-0.3, -0.25) is 0 Å². The summed E-state index contributed by atoms with van der Waals surface area (Å²) in [6, 6.07) is 9.22. The Balaban J connectivity index is 1.53. The van der Waals surface area contributed by atoms with Crippen LogP contribution in [0.25, 0.3) is 11.3 Å². The van der Waals surface area contributed by atoms with Crippen LogP contribution in [0.2, 0.25) is 0 Å². The molecule has 4 rings (SSSR count). The highest BCUT2D eigenvalue weighted by molar-refractivity contribution is 5.66. The van der Waals surface area contributed by atoms with Crippen molar-refractivity contribution in [1.82, 2.24) is 20.3 Å². The van der Waals surface area contributed by atoms with Gasteiger partial charge in [0, 0.05) is 31.5 Å². The highest BCUT2D eigenvalue weighted by Crippen LogP contribution is 2.34. The predicted octanol–water partition coefficient (Wildman–Crippen LogP) is 3.97. The standard InChI is InChI=1S/C23H24F4N6O2/c24-20-17(31-13-19(34)23(25,26)27)6-1-7-18(20)35-21-15(5-3-10-29-21)16-8-11-30-22(33-16)32-14-4-2-9-28-12-14/h1,3,5-8,10-11,14,19,28,31,34H,2,4,9,12-13H2,(H,30,32,33)/t14?,19-/m1/s1. The second kappa shape index (κ2) is 10.8. The molecule has 186 valence electrons. The summed E-state index contributed by atoms with van der Waals surface area (Å²) in [5, 5.41) is 18.0. The molecule has 4 N–H and O–H groups in total. The van der Waals surface area contributed by atoms with Crippen LogP contribution in [0.1, 0.15) is 12.8 Å². The minimum Gasteiger partial charge on any atom is -0.435 e. The number of nitrogens with one attached hydrogen (secondary N) is 3. The number of alkyl halides is 3. The van der Waals surface area contributed by atoms with E-state index in [2.05, 4.69) is 30.9 Å². The molecule has 35 heavy (non-hydrogen) atoms. The van der Waals surface area contributed by atoms with E-state index in [4.69, 9.17) is 9.84 Å². The SMILES string of the molecule is O[C@H](CNc1cccc(Oc2ncccc2-c2ccnc(NC3CCCNC3)n2)c1F)C(F)(F)F. The number of nitrogens with zero attached hydrogens (tertiary/aromatic N) is 3. The third-order valence-corrected chi connectivity index (χ3v) is 5.37. The summed E-state index contributed by atoms with van der Waals surface area (Å²) in [6.45, 7) is 0.871. The monoisotopic (exact) mass is 492 g/mol. The third-order valence-electron chi connectivity index (χ3n) is 5.37. The van der Waals surface area contributed by atoms with E-state index in [1.54, 1.807) is 24.4 Å². The average Bonchev–Trinajstić information content (AvgIpc) is 2.85. The van der Waals surface area contributed by atoms with E-state index >= 15 is 0 Å². The molecule has 1 aliphatic rings. The first-order chi connectivity index (χ1) is 16.8. The van der Waals surface area contributed by atoms with Crippen LogP contribution in [0, 0.1) is 5.82 Å². The maximum Gasteiger partial charge on any atom is 0.416 e. The minimum absolute atomic E-state index is 0.0582.